The summed E-state index contributed by atoms with van der Waals surface area (Å²) < 4.78 is 0. The van der Waals surface area contributed by atoms with Crippen molar-refractivity contribution >= 4 is 30.1 Å². The Bertz CT molecular complexity index is 583. The molecule has 0 saturated heterocycles. The molecular formula is C16H22ClN3O3. The molecule has 0 fully saturated rings. The number of nitrogens with two attached hydrogens (primary N) is 1. The fourth-order valence-corrected chi connectivity index (χ4v) is 2.34. The molecule has 0 bridgehead atoms. The zero-order valence-corrected chi connectivity index (χ0v) is 14.3. The number of hydrogen-bond donors (Lipinski definition) is 1. The van der Waals surface area contributed by atoms with E-state index in [0.717, 1.165) is 0 Å². The van der Waals surface area contributed by atoms with E-state index in [1.54, 1.807) is 31.3 Å². The molecule has 1 aromatic rings. The predicted octanol–water partition coefficient (Wildman–Crippen LogP) is 1.15. The van der Waals surface area contributed by atoms with Crippen molar-refractivity contribution in [1.82, 2.24) is 9.80 Å². The number of likely N-dealkylation sites (N-methyl/N-ethyl adjacent to an activating group) is 1. The number of nitrogens with zero attached hydrogens (tertiary/aromatic N) is 2. The van der Waals surface area contributed by atoms with Crippen LogP contribution in [-0.2, 0) is 4.79 Å². The summed E-state index contributed by atoms with van der Waals surface area (Å²) in [5.41, 5.74) is 6.66. The Morgan fingerprint density at radius 3 is 2.09 bits per heavy atom. The molecule has 2 rings (SSSR count). The molecule has 0 unspecified atom stereocenters. The minimum absolute atomic E-state index is 0. The third kappa shape index (κ3) is 3.71. The summed E-state index contributed by atoms with van der Waals surface area (Å²) in [6, 6.07) is 6.15. The molecule has 2 N–H and O–H groups in total. The Kier molecular flexibility index (Phi) is 6.29. The number of imide groups is 1. The van der Waals surface area contributed by atoms with E-state index in [4.69, 9.17) is 5.73 Å². The van der Waals surface area contributed by atoms with E-state index in [1.807, 2.05) is 13.8 Å². The van der Waals surface area contributed by atoms with Gasteiger partial charge in [0, 0.05) is 20.1 Å². The molecule has 3 amide bonds. The smallest absolute Gasteiger partial charge is 0.261 e. The van der Waals surface area contributed by atoms with Crippen LogP contribution in [0.4, 0.5) is 0 Å². The van der Waals surface area contributed by atoms with Gasteiger partial charge in [0.2, 0.25) is 5.91 Å². The van der Waals surface area contributed by atoms with Gasteiger partial charge in [-0.25, -0.2) is 0 Å². The number of hydrogen-bond acceptors (Lipinski definition) is 4. The molecule has 1 heterocycles. The first kappa shape index (κ1) is 19.1. The first-order valence-corrected chi connectivity index (χ1v) is 7.30. The zero-order valence-electron chi connectivity index (χ0n) is 13.5. The van der Waals surface area contributed by atoms with Crippen molar-refractivity contribution < 1.29 is 14.4 Å². The van der Waals surface area contributed by atoms with Gasteiger partial charge in [0.15, 0.2) is 0 Å². The van der Waals surface area contributed by atoms with Gasteiger partial charge in [-0.2, -0.15) is 0 Å². The number of carbonyl (C=O) groups excluding carboxylic acids is 3. The van der Waals surface area contributed by atoms with Crippen molar-refractivity contribution in [3.63, 3.8) is 0 Å². The molecule has 1 aliphatic rings. The van der Waals surface area contributed by atoms with Gasteiger partial charge in [-0.15, -0.1) is 12.4 Å². The molecule has 6 nitrogen and oxygen atoms in total. The van der Waals surface area contributed by atoms with E-state index < -0.39 is 6.04 Å². The molecule has 1 aromatic carbocycles. The number of halogens is 1. The zero-order chi connectivity index (χ0) is 16.4. The van der Waals surface area contributed by atoms with E-state index >= 15 is 0 Å². The Hall–Kier alpha value is -1.92. The van der Waals surface area contributed by atoms with Crippen LogP contribution in [0.3, 0.4) is 0 Å². The third-order valence-electron chi connectivity index (χ3n) is 3.92. The fourth-order valence-electron chi connectivity index (χ4n) is 2.34. The summed E-state index contributed by atoms with van der Waals surface area (Å²) >= 11 is 0. The average Bonchev–Trinajstić information content (AvgIpc) is 2.75. The molecule has 7 heteroatoms. The largest absolute Gasteiger partial charge is 0.343 e. The number of amides is 3. The lowest BCUT2D eigenvalue weighted by Gasteiger charge is -2.25. The Labute approximate surface area is 142 Å². The van der Waals surface area contributed by atoms with Gasteiger partial charge in [-0.05, 0) is 18.1 Å². The first-order chi connectivity index (χ1) is 10.3. The maximum absolute atomic E-state index is 12.2. The van der Waals surface area contributed by atoms with Gasteiger partial charge in [0.05, 0.1) is 17.2 Å². The van der Waals surface area contributed by atoms with Crippen LogP contribution in [0, 0.1) is 5.92 Å². The maximum atomic E-state index is 12.2. The van der Waals surface area contributed by atoms with Crippen LogP contribution in [-0.4, -0.2) is 53.7 Å². The van der Waals surface area contributed by atoms with E-state index in [9.17, 15) is 14.4 Å². The van der Waals surface area contributed by atoms with Gasteiger partial charge >= 0.3 is 0 Å². The lowest BCUT2D eigenvalue weighted by Crippen LogP contribution is -2.47. The number of rotatable bonds is 5. The molecule has 0 radical (unpaired) electrons. The van der Waals surface area contributed by atoms with E-state index in [2.05, 4.69) is 0 Å². The van der Waals surface area contributed by atoms with Gasteiger partial charge in [-0.3, -0.25) is 19.3 Å². The molecule has 0 aromatic heterocycles. The quantitative estimate of drug-likeness (QED) is 0.815. The summed E-state index contributed by atoms with van der Waals surface area (Å²) in [6.07, 6.45) is 0. The van der Waals surface area contributed by atoms with Crippen LogP contribution in [0.5, 0.6) is 0 Å². The summed E-state index contributed by atoms with van der Waals surface area (Å²) in [5, 5.41) is 0. The van der Waals surface area contributed by atoms with Crippen LogP contribution in [0.2, 0.25) is 0 Å². The summed E-state index contributed by atoms with van der Waals surface area (Å²) in [7, 11) is 1.63. The lowest BCUT2D eigenvalue weighted by atomic mass is 10.0. The van der Waals surface area contributed by atoms with E-state index in [0.29, 0.717) is 11.1 Å². The SMILES string of the molecule is CC(C)[C@H](N)C(=O)N(C)CCN1C(=O)c2ccccc2C1=O.Cl. The predicted molar refractivity (Wildman–Crippen MR) is 89.5 cm³/mol. The van der Waals surface area contributed by atoms with Gasteiger partial charge in [0.1, 0.15) is 0 Å². The monoisotopic (exact) mass is 339 g/mol. The summed E-state index contributed by atoms with van der Waals surface area (Å²) in [6.45, 7) is 4.19. The average molecular weight is 340 g/mol. The Balaban J connectivity index is 0.00000264. The fraction of sp³-hybridized carbons (Fsp3) is 0.438. The second-order valence-corrected chi connectivity index (χ2v) is 5.84. The van der Waals surface area contributed by atoms with Crippen LogP contribution in [0.15, 0.2) is 24.3 Å². The first-order valence-electron chi connectivity index (χ1n) is 7.30. The highest BCUT2D eigenvalue weighted by atomic mass is 35.5. The lowest BCUT2D eigenvalue weighted by molar-refractivity contribution is -0.132. The molecule has 126 valence electrons. The van der Waals surface area contributed by atoms with Crippen molar-refractivity contribution in [2.75, 3.05) is 20.1 Å². The van der Waals surface area contributed by atoms with Crippen LogP contribution >= 0.6 is 12.4 Å². The standard InChI is InChI=1S/C16H21N3O3.ClH/c1-10(2)13(17)16(22)18(3)8-9-19-14(20)11-6-4-5-7-12(11)15(19)21;/h4-7,10,13H,8-9,17H2,1-3H3;1H/t13-;/m0./s1. The van der Waals surface area contributed by atoms with Crippen LogP contribution in [0.25, 0.3) is 0 Å². The highest BCUT2D eigenvalue weighted by Crippen LogP contribution is 2.22. The topological polar surface area (TPSA) is 83.7 Å². The second kappa shape index (κ2) is 7.57. The van der Waals surface area contributed by atoms with Crippen molar-refractivity contribution in [3.05, 3.63) is 35.4 Å². The van der Waals surface area contributed by atoms with E-state index in [-0.39, 0.29) is 49.1 Å². The Morgan fingerprint density at radius 2 is 1.65 bits per heavy atom. The summed E-state index contributed by atoms with van der Waals surface area (Å²) in [5.74, 6) is -0.773. The molecule has 23 heavy (non-hydrogen) atoms. The van der Waals surface area contributed by atoms with Crippen molar-refractivity contribution in [3.8, 4) is 0 Å². The van der Waals surface area contributed by atoms with Crippen LogP contribution in [0.1, 0.15) is 34.6 Å². The van der Waals surface area contributed by atoms with Crippen LogP contribution < -0.4 is 5.73 Å². The highest BCUT2D eigenvalue weighted by Gasteiger charge is 2.35. The Morgan fingerprint density at radius 1 is 1.17 bits per heavy atom. The number of fused-ring (bicyclic) bond motifs is 1. The minimum atomic E-state index is -0.577. The minimum Gasteiger partial charge on any atom is -0.343 e. The third-order valence-corrected chi connectivity index (χ3v) is 3.92. The van der Waals surface area contributed by atoms with Gasteiger partial charge in [0.25, 0.3) is 11.8 Å². The normalized spacial score (nSPS) is 14.6. The molecular weight excluding hydrogens is 318 g/mol. The molecule has 0 spiro atoms. The molecule has 0 saturated carbocycles. The maximum Gasteiger partial charge on any atom is 0.261 e. The molecule has 0 aliphatic carbocycles. The van der Waals surface area contributed by atoms with E-state index in [1.165, 1.54) is 9.80 Å². The molecule has 1 atom stereocenters. The van der Waals surface area contributed by atoms with Gasteiger partial charge in [-0.1, -0.05) is 26.0 Å². The number of carbonyl (C=O) groups is 3. The van der Waals surface area contributed by atoms with Gasteiger partial charge < -0.3 is 10.6 Å². The van der Waals surface area contributed by atoms with Crippen molar-refractivity contribution in [1.29, 1.82) is 0 Å². The summed E-state index contributed by atoms with van der Waals surface area (Å²) in [4.78, 5) is 39.1. The van der Waals surface area contributed by atoms with Crippen molar-refractivity contribution in [2.45, 2.75) is 19.9 Å². The second-order valence-electron chi connectivity index (χ2n) is 5.84. The van der Waals surface area contributed by atoms with Crippen molar-refractivity contribution in [2.24, 2.45) is 11.7 Å². The highest BCUT2D eigenvalue weighted by molar-refractivity contribution is 6.21. The molecule has 1 aliphatic heterocycles. The number of benzene rings is 1.